The van der Waals surface area contributed by atoms with Crippen molar-refractivity contribution in [2.75, 3.05) is 18.5 Å². The quantitative estimate of drug-likeness (QED) is 0.482. The molecule has 2 unspecified atom stereocenters. The van der Waals surface area contributed by atoms with Crippen molar-refractivity contribution >= 4 is 35.2 Å². The van der Waals surface area contributed by atoms with Crippen molar-refractivity contribution in [1.82, 2.24) is 10.2 Å². The van der Waals surface area contributed by atoms with Crippen molar-refractivity contribution in [3.05, 3.63) is 58.9 Å². The molecule has 12 heteroatoms. The summed E-state index contributed by atoms with van der Waals surface area (Å²) in [6, 6.07) is 7.58. The smallest absolute Gasteiger partial charge is 0.411 e. The highest BCUT2D eigenvalue weighted by Gasteiger charge is 2.38. The first-order valence-electron chi connectivity index (χ1n) is 11.9. The molecule has 0 aliphatic carbocycles. The second-order valence-corrected chi connectivity index (χ2v) is 10.2. The monoisotopic (exact) mass is 555 g/mol. The minimum Gasteiger partial charge on any atom is -0.484 e. The molecule has 2 atom stereocenters. The highest BCUT2D eigenvalue weighted by atomic mass is 35.5. The molecule has 3 amide bonds. The van der Waals surface area contributed by atoms with Gasteiger partial charge in [0.05, 0.1) is 5.02 Å². The molecule has 0 radical (unpaired) electrons. The number of alkyl halides is 2. The van der Waals surface area contributed by atoms with Crippen LogP contribution in [0, 0.1) is 5.82 Å². The van der Waals surface area contributed by atoms with Crippen LogP contribution in [-0.4, -0.2) is 53.6 Å². The summed E-state index contributed by atoms with van der Waals surface area (Å²) in [6.45, 7) is 4.58. The van der Waals surface area contributed by atoms with E-state index in [1.807, 2.05) is 0 Å². The van der Waals surface area contributed by atoms with E-state index in [-0.39, 0.29) is 35.0 Å². The highest BCUT2D eigenvalue weighted by molar-refractivity contribution is 6.30. The Morgan fingerprint density at radius 2 is 1.87 bits per heavy atom. The summed E-state index contributed by atoms with van der Waals surface area (Å²) in [5, 5.41) is 5.25. The van der Waals surface area contributed by atoms with E-state index >= 15 is 0 Å². The van der Waals surface area contributed by atoms with Gasteiger partial charge in [0.25, 0.3) is 12.3 Å². The molecule has 1 aliphatic rings. The number of hydrogen-bond donors (Lipinski definition) is 2. The van der Waals surface area contributed by atoms with Crippen LogP contribution in [0.4, 0.5) is 23.7 Å². The van der Waals surface area contributed by atoms with Crippen molar-refractivity contribution in [1.29, 1.82) is 0 Å². The number of hydrogen-bond acceptors (Lipinski definition) is 5. The summed E-state index contributed by atoms with van der Waals surface area (Å²) in [5.74, 6) is -1.65. The summed E-state index contributed by atoms with van der Waals surface area (Å²) < 4.78 is 50.4. The molecule has 1 fully saturated rings. The van der Waals surface area contributed by atoms with Gasteiger partial charge in [0.15, 0.2) is 6.61 Å². The normalized spacial score (nSPS) is 17.6. The van der Waals surface area contributed by atoms with E-state index in [1.54, 1.807) is 20.8 Å². The zero-order chi connectivity index (χ0) is 28.0. The maximum atomic E-state index is 13.6. The van der Waals surface area contributed by atoms with Gasteiger partial charge in [0, 0.05) is 29.9 Å². The van der Waals surface area contributed by atoms with Gasteiger partial charge in [-0.1, -0.05) is 23.7 Å². The molecule has 2 aromatic carbocycles. The number of halogens is 4. The Morgan fingerprint density at radius 1 is 1.13 bits per heavy atom. The Kier molecular flexibility index (Phi) is 9.48. The van der Waals surface area contributed by atoms with Crippen LogP contribution in [0.25, 0.3) is 0 Å². The molecule has 3 rings (SSSR count). The van der Waals surface area contributed by atoms with Gasteiger partial charge >= 0.3 is 6.09 Å². The van der Waals surface area contributed by atoms with Crippen molar-refractivity contribution in [2.45, 2.75) is 57.7 Å². The lowest BCUT2D eigenvalue weighted by molar-refractivity contribution is -0.125. The Morgan fingerprint density at radius 3 is 2.53 bits per heavy atom. The number of piperidine rings is 1. The zero-order valence-corrected chi connectivity index (χ0v) is 21.9. The average molecular weight is 556 g/mol. The van der Waals surface area contributed by atoms with E-state index in [9.17, 15) is 27.6 Å². The van der Waals surface area contributed by atoms with Gasteiger partial charge in [-0.05, 0) is 57.9 Å². The van der Waals surface area contributed by atoms with E-state index in [0.29, 0.717) is 6.42 Å². The highest BCUT2D eigenvalue weighted by Crippen LogP contribution is 2.25. The molecular formula is C26H29ClF3N3O5. The number of carbonyl (C=O) groups is 3. The molecular weight excluding hydrogens is 527 g/mol. The topological polar surface area (TPSA) is 97.0 Å². The Labute approximate surface area is 223 Å². The molecule has 1 saturated heterocycles. The lowest BCUT2D eigenvalue weighted by atomic mass is 9.97. The number of benzene rings is 2. The predicted octanol–water partition coefficient (Wildman–Crippen LogP) is 5.32. The second-order valence-electron chi connectivity index (χ2n) is 9.77. The van der Waals surface area contributed by atoms with Crippen LogP contribution < -0.4 is 15.4 Å². The summed E-state index contributed by atoms with van der Waals surface area (Å²) >= 11 is 5.64. The summed E-state index contributed by atoms with van der Waals surface area (Å²) in [5.41, 5.74) is -0.924. The number of rotatable bonds is 7. The Balaban J connectivity index is 1.66. The molecule has 2 aromatic rings. The number of nitrogens with zero attached hydrogens (tertiary/aromatic N) is 1. The van der Waals surface area contributed by atoms with Gasteiger partial charge in [0.2, 0.25) is 5.91 Å². The van der Waals surface area contributed by atoms with E-state index in [4.69, 9.17) is 21.1 Å². The molecule has 38 heavy (non-hydrogen) atoms. The van der Waals surface area contributed by atoms with Crippen molar-refractivity contribution in [3.63, 3.8) is 0 Å². The molecule has 206 valence electrons. The van der Waals surface area contributed by atoms with Gasteiger partial charge in [-0.15, -0.1) is 0 Å². The first kappa shape index (κ1) is 29.1. The van der Waals surface area contributed by atoms with Crippen molar-refractivity contribution in [3.8, 4) is 5.75 Å². The van der Waals surface area contributed by atoms with Crippen LogP contribution >= 0.6 is 11.6 Å². The molecule has 0 spiro atoms. The van der Waals surface area contributed by atoms with Gasteiger partial charge in [0.1, 0.15) is 23.2 Å². The molecule has 1 aliphatic heterocycles. The van der Waals surface area contributed by atoms with Gasteiger partial charge in [-0.25, -0.2) is 18.0 Å². The van der Waals surface area contributed by atoms with Crippen LogP contribution in [0.3, 0.4) is 0 Å². The Bertz CT molecular complexity index is 1180. The van der Waals surface area contributed by atoms with E-state index in [1.165, 1.54) is 41.3 Å². The third-order valence-electron chi connectivity index (χ3n) is 5.54. The molecule has 8 nitrogen and oxygen atoms in total. The van der Waals surface area contributed by atoms with Crippen LogP contribution in [-0.2, 0) is 14.3 Å². The minimum atomic E-state index is -2.70. The SMILES string of the molecule is CC(C)(C)OC(=O)N1CC(NC(=O)COc2ccc(Cl)c(F)c2)CCC1C(=O)Nc1cccc(C(F)F)c1. The first-order chi connectivity index (χ1) is 17.8. The summed E-state index contributed by atoms with van der Waals surface area (Å²) in [6.07, 6.45) is -2.94. The molecule has 1 heterocycles. The van der Waals surface area contributed by atoms with E-state index in [2.05, 4.69) is 10.6 Å². The average Bonchev–Trinajstić information content (AvgIpc) is 2.83. The fraction of sp³-hybridized carbons (Fsp3) is 0.423. The number of likely N-dealkylation sites (tertiary alicyclic amines) is 1. The molecule has 0 aromatic heterocycles. The number of ether oxygens (including phenoxy) is 2. The summed E-state index contributed by atoms with van der Waals surface area (Å²) in [4.78, 5) is 39.7. The predicted molar refractivity (Wildman–Crippen MR) is 135 cm³/mol. The Hall–Kier alpha value is -3.47. The van der Waals surface area contributed by atoms with Crippen molar-refractivity contribution in [2.24, 2.45) is 0 Å². The van der Waals surface area contributed by atoms with Crippen LogP contribution in [0.1, 0.15) is 45.6 Å². The lowest BCUT2D eigenvalue weighted by Crippen LogP contribution is -2.58. The fourth-order valence-corrected chi connectivity index (χ4v) is 3.96. The molecule has 2 N–H and O–H groups in total. The maximum absolute atomic E-state index is 13.6. The lowest BCUT2D eigenvalue weighted by Gasteiger charge is -2.39. The van der Waals surface area contributed by atoms with E-state index < -0.39 is 54.4 Å². The van der Waals surface area contributed by atoms with Crippen LogP contribution in [0.5, 0.6) is 5.75 Å². The number of nitrogens with one attached hydrogen (secondary N) is 2. The summed E-state index contributed by atoms with van der Waals surface area (Å²) in [7, 11) is 0. The van der Waals surface area contributed by atoms with Gasteiger partial charge in [-0.3, -0.25) is 14.5 Å². The number of anilines is 1. The second kappa shape index (κ2) is 12.4. The van der Waals surface area contributed by atoms with Crippen LogP contribution in [0.2, 0.25) is 5.02 Å². The fourth-order valence-electron chi connectivity index (χ4n) is 3.85. The molecule has 0 saturated carbocycles. The van der Waals surface area contributed by atoms with Crippen LogP contribution in [0.15, 0.2) is 42.5 Å². The first-order valence-corrected chi connectivity index (χ1v) is 12.3. The van der Waals surface area contributed by atoms with Gasteiger partial charge in [-0.2, -0.15) is 0 Å². The third-order valence-corrected chi connectivity index (χ3v) is 5.85. The number of carbonyl (C=O) groups excluding carboxylic acids is 3. The third kappa shape index (κ3) is 8.27. The van der Waals surface area contributed by atoms with E-state index in [0.717, 1.165) is 6.07 Å². The van der Waals surface area contributed by atoms with Gasteiger partial charge < -0.3 is 20.1 Å². The standard InChI is InChI=1S/C26H29ClF3N3O5/c1-26(2,3)38-25(36)33-13-17(31-22(34)14-37-18-8-9-19(27)20(28)12-18)7-10-21(33)24(35)32-16-6-4-5-15(11-16)23(29)30/h4-6,8-9,11-12,17,21,23H,7,10,13-14H2,1-3H3,(H,31,34)(H,32,35). The largest absolute Gasteiger partial charge is 0.484 e. The number of amides is 3. The van der Waals surface area contributed by atoms with Crippen molar-refractivity contribution < 1.29 is 37.0 Å². The molecule has 0 bridgehead atoms. The maximum Gasteiger partial charge on any atom is 0.411 e. The minimum absolute atomic E-state index is 0.0363. The zero-order valence-electron chi connectivity index (χ0n) is 21.1.